The number of aliphatic hydroxyl groups excluding tert-OH is 1. The van der Waals surface area contributed by atoms with Gasteiger partial charge in [0.05, 0.1) is 11.6 Å². The Morgan fingerprint density at radius 3 is 2.77 bits per heavy atom. The van der Waals surface area contributed by atoms with E-state index in [1.165, 1.54) is 5.56 Å². The van der Waals surface area contributed by atoms with E-state index in [4.69, 9.17) is 0 Å². The summed E-state index contributed by atoms with van der Waals surface area (Å²) in [6, 6.07) is 6.22. The minimum absolute atomic E-state index is 0.353. The third-order valence-electron chi connectivity index (χ3n) is 6.06. The SMILES string of the molecule is Cc1cc(C)c2nccc(N3CC[C@@H](O)[C@@](CC4CC4)(C(=O)O)C3)c2c1. The molecule has 0 amide bonds. The van der Waals surface area contributed by atoms with Gasteiger partial charge in [-0.3, -0.25) is 9.78 Å². The van der Waals surface area contributed by atoms with Crippen LogP contribution in [0.2, 0.25) is 0 Å². The number of anilines is 1. The number of piperidine rings is 1. The second-order valence-corrected chi connectivity index (χ2v) is 8.14. The van der Waals surface area contributed by atoms with Crippen molar-refractivity contribution in [2.45, 2.75) is 45.6 Å². The van der Waals surface area contributed by atoms with Crippen molar-refractivity contribution in [1.29, 1.82) is 0 Å². The molecule has 1 saturated heterocycles. The zero-order chi connectivity index (χ0) is 18.5. The highest BCUT2D eigenvalue weighted by Crippen LogP contribution is 2.46. The van der Waals surface area contributed by atoms with Gasteiger partial charge in [-0.05, 0) is 50.3 Å². The average Bonchev–Trinajstić information content (AvgIpc) is 3.40. The molecule has 138 valence electrons. The Labute approximate surface area is 153 Å². The van der Waals surface area contributed by atoms with Gasteiger partial charge in [-0.2, -0.15) is 0 Å². The normalized spacial score (nSPS) is 26.3. The fourth-order valence-corrected chi connectivity index (χ4v) is 4.49. The molecule has 4 rings (SSSR count). The van der Waals surface area contributed by atoms with E-state index >= 15 is 0 Å². The van der Waals surface area contributed by atoms with Gasteiger partial charge in [0.2, 0.25) is 0 Å². The Morgan fingerprint density at radius 1 is 1.31 bits per heavy atom. The highest BCUT2D eigenvalue weighted by molar-refractivity contribution is 5.94. The second kappa shape index (κ2) is 6.23. The number of aromatic nitrogens is 1. The Kier molecular flexibility index (Phi) is 4.14. The summed E-state index contributed by atoms with van der Waals surface area (Å²) in [5.74, 6) is -0.424. The van der Waals surface area contributed by atoms with Crippen molar-refractivity contribution in [3.8, 4) is 0 Å². The number of rotatable bonds is 4. The molecule has 5 nitrogen and oxygen atoms in total. The first kappa shape index (κ1) is 17.3. The van der Waals surface area contributed by atoms with Crippen LogP contribution in [0.15, 0.2) is 24.4 Å². The highest BCUT2D eigenvalue weighted by atomic mass is 16.4. The van der Waals surface area contributed by atoms with E-state index in [-0.39, 0.29) is 0 Å². The number of carbonyl (C=O) groups is 1. The summed E-state index contributed by atoms with van der Waals surface area (Å²) in [4.78, 5) is 18.9. The van der Waals surface area contributed by atoms with Crippen molar-refractivity contribution in [1.82, 2.24) is 4.98 Å². The number of hydrogen-bond donors (Lipinski definition) is 2. The van der Waals surface area contributed by atoms with Gasteiger partial charge in [-0.15, -0.1) is 0 Å². The molecular formula is C21H26N2O3. The van der Waals surface area contributed by atoms with E-state index in [1.54, 1.807) is 6.20 Å². The smallest absolute Gasteiger partial charge is 0.314 e. The van der Waals surface area contributed by atoms with Crippen LogP contribution in [0.25, 0.3) is 10.9 Å². The molecule has 26 heavy (non-hydrogen) atoms. The van der Waals surface area contributed by atoms with Crippen molar-refractivity contribution in [2.75, 3.05) is 18.0 Å². The molecule has 1 aliphatic carbocycles. The Morgan fingerprint density at radius 2 is 2.08 bits per heavy atom. The van der Waals surface area contributed by atoms with E-state index in [1.807, 2.05) is 6.07 Å². The first-order valence-electron chi connectivity index (χ1n) is 9.43. The molecule has 0 spiro atoms. The van der Waals surface area contributed by atoms with Crippen LogP contribution in [0.3, 0.4) is 0 Å². The topological polar surface area (TPSA) is 73.7 Å². The number of carboxylic acids is 1. The maximum Gasteiger partial charge on any atom is 0.314 e. The maximum absolute atomic E-state index is 12.2. The van der Waals surface area contributed by atoms with E-state index in [9.17, 15) is 15.0 Å². The molecule has 2 heterocycles. The summed E-state index contributed by atoms with van der Waals surface area (Å²) in [5, 5.41) is 21.7. The van der Waals surface area contributed by atoms with Crippen molar-refractivity contribution in [3.05, 3.63) is 35.5 Å². The Hall–Kier alpha value is -2.14. The number of carboxylic acid groups (broad SMARTS) is 1. The van der Waals surface area contributed by atoms with Gasteiger partial charge in [0.1, 0.15) is 5.41 Å². The van der Waals surface area contributed by atoms with Gasteiger partial charge in [0, 0.05) is 30.4 Å². The lowest BCUT2D eigenvalue weighted by Crippen LogP contribution is -2.56. The summed E-state index contributed by atoms with van der Waals surface area (Å²) in [7, 11) is 0. The zero-order valence-corrected chi connectivity index (χ0v) is 15.4. The number of pyridine rings is 1. The van der Waals surface area contributed by atoms with E-state index in [0.717, 1.165) is 35.0 Å². The molecule has 1 saturated carbocycles. The number of nitrogens with zero attached hydrogens (tertiary/aromatic N) is 2. The number of aliphatic carboxylic acids is 1. The fraction of sp³-hybridized carbons (Fsp3) is 0.524. The minimum atomic E-state index is -1.08. The average molecular weight is 354 g/mol. The van der Waals surface area contributed by atoms with Crippen LogP contribution >= 0.6 is 0 Å². The second-order valence-electron chi connectivity index (χ2n) is 8.14. The molecule has 0 bridgehead atoms. The third-order valence-corrected chi connectivity index (χ3v) is 6.06. The first-order valence-corrected chi connectivity index (χ1v) is 9.43. The van der Waals surface area contributed by atoms with Crippen LogP contribution in [-0.4, -0.2) is 40.4 Å². The predicted molar refractivity (Wildman–Crippen MR) is 101 cm³/mol. The highest BCUT2D eigenvalue weighted by Gasteiger charge is 2.51. The van der Waals surface area contributed by atoms with Crippen LogP contribution in [0.5, 0.6) is 0 Å². The fourth-order valence-electron chi connectivity index (χ4n) is 4.49. The van der Waals surface area contributed by atoms with Gasteiger partial charge >= 0.3 is 5.97 Å². The minimum Gasteiger partial charge on any atom is -0.481 e. The van der Waals surface area contributed by atoms with Gasteiger partial charge in [-0.1, -0.05) is 24.5 Å². The Balaban J connectivity index is 1.76. The number of aryl methyl sites for hydroxylation is 2. The van der Waals surface area contributed by atoms with E-state index in [2.05, 4.69) is 35.9 Å². The van der Waals surface area contributed by atoms with Crippen molar-refractivity contribution in [2.24, 2.45) is 11.3 Å². The number of hydrogen-bond acceptors (Lipinski definition) is 4. The predicted octanol–water partition coefficient (Wildman–Crippen LogP) is 3.29. The van der Waals surface area contributed by atoms with E-state index in [0.29, 0.717) is 31.8 Å². The van der Waals surface area contributed by atoms with Crippen LogP contribution in [0.4, 0.5) is 5.69 Å². The summed E-state index contributed by atoms with van der Waals surface area (Å²) >= 11 is 0. The maximum atomic E-state index is 12.2. The van der Waals surface area contributed by atoms with Gasteiger partial charge in [0.15, 0.2) is 0 Å². The largest absolute Gasteiger partial charge is 0.481 e. The molecule has 1 aromatic carbocycles. The van der Waals surface area contributed by atoms with Crippen molar-refractivity contribution >= 4 is 22.6 Å². The van der Waals surface area contributed by atoms with Crippen LogP contribution < -0.4 is 4.90 Å². The summed E-state index contributed by atoms with van der Waals surface area (Å²) in [6.45, 7) is 5.14. The summed E-state index contributed by atoms with van der Waals surface area (Å²) in [5.41, 5.74) is 3.20. The van der Waals surface area contributed by atoms with Crippen molar-refractivity contribution in [3.63, 3.8) is 0 Å². The van der Waals surface area contributed by atoms with Gasteiger partial charge in [-0.25, -0.2) is 0 Å². The quantitative estimate of drug-likeness (QED) is 0.881. The standard InChI is InChI=1S/C21H26N2O3/c1-13-9-14(2)19-16(10-13)17(5-7-22-19)23-8-6-18(24)21(12-23,20(25)26)11-15-3-4-15/h5,7,9-10,15,18,24H,3-4,6,8,11-12H2,1-2H3,(H,25,26)/t18-,21+/m1/s1. The molecule has 2 N–H and O–H groups in total. The number of aliphatic hydroxyl groups is 1. The number of fused-ring (bicyclic) bond motifs is 1. The van der Waals surface area contributed by atoms with Crippen molar-refractivity contribution < 1.29 is 15.0 Å². The summed E-state index contributed by atoms with van der Waals surface area (Å²) < 4.78 is 0. The lowest BCUT2D eigenvalue weighted by Gasteiger charge is -2.44. The van der Waals surface area contributed by atoms with Gasteiger partial charge < -0.3 is 15.1 Å². The van der Waals surface area contributed by atoms with Crippen LogP contribution in [0, 0.1) is 25.2 Å². The molecule has 1 aromatic heterocycles. The third kappa shape index (κ3) is 2.84. The van der Waals surface area contributed by atoms with Crippen LogP contribution in [0.1, 0.15) is 36.8 Å². The lowest BCUT2D eigenvalue weighted by atomic mass is 9.73. The van der Waals surface area contributed by atoms with E-state index < -0.39 is 17.5 Å². The molecule has 0 radical (unpaired) electrons. The number of benzene rings is 1. The van der Waals surface area contributed by atoms with Gasteiger partial charge in [0.25, 0.3) is 0 Å². The molecule has 5 heteroatoms. The molecule has 0 unspecified atom stereocenters. The monoisotopic (exact) mass is 354 g/mol. The summed E-state index contributed by atoms with van der Waals surface area (Å²) in [6.07, 6.45) is 4.23. The molecular weight excluding hydrogens is 328 g/mol. The lowest BCUT2D eigenvalue weighted by molar-refractivity contribution is -0.158. The molecule has 2 aromatic rings. The molecule has 2 atom stereocenters. The Bertz CT molecular complexity index is 862. The molecule has 1 aliphatic heterocycles. The first-order chi connectivity index (χ1) is 12.4. The molecule has 2 aliphatic rings. The van der Waals surface area contributed by atoms with Crippen LogP contribution in [-0.2, 0) is 4.79 Å². The molecule has 2 fully saturated rings. The zero-order valence-electron chi connectivity index (χ0n) is 15.4.